The topological polar surface area (TPSA) is 0 Å². The third-order valence-corrected chi connectivity index (χ3v) is 6.57. The van der Waals surface area contributed by atoms with Crippen molar-refractivity contribution in [1.29, 1.82) is 0 Å². The second-order valence-electron chi connectivity index (χ2n) is 7.97. The molecule has 0 aromatic heterocycles. The van der Waals surface area contributed by atoms with Gasteiger partial charge in [0.25, 0.3) is 0 Å². The molecular weight excluding hydrogens is 333 g/mol. The molecule has 1 fully saturated rings. The number of hydrogen-bond acceptors (Lipinski definition) is 0. The minimum Gasteiger partial charge on any atom is -0.207 e. The fourth-order valence-corrected chi connectivity index (χ4v) is 5.58. The molecule has 26 heavy (non-hydrogen) atoms. The summed E-state index contributed by atoms with van der Waals surface area (Å²) in [6.45, 7) is 2.20. The Hall–Kier alpha value is -1.77. The first kappa shape index (κ1) is 17.6. The van der Waals surface area contributed by atoms with Gasteiger partial charge in [-0.05, 0) is 84.2 Å². The van der Waals surface area contributed by atoms with Crippen LogP contribution in [0.2, 0.25) is 0 Å². The third kappa shape index (κ3) is 3.06. The molecule has 4 atom stereocenters. The monoisotopic (exact) mass is 358 g/mol. The van der Waals surface area contributed by atoms with E-state index in [9.17, 15) is 13.2 Å². The van der Waals surface area contributed by atoms with Gasteiger partial charge in [-0.1, -0.05) is 31.9 Å². The van der Waals surface area contributed by atoms with Crippen LogP contribution in [-0.4, -0.2) is 0 Å². The average molecular weight is 358 g/mol. The maximum absolute atomic E-state index is 14.3. The van der Waals surface area contributed by atoms with Crippen molar-refractivity contribution >= 4 is 0 Å². The van der Waals surface area contributed by atoms with E-state index >= 15 is 0 Å². The Labute approximate surface area is 153 Å². The van der Waals surface area contributed by atoms with Crippen LogP contribution >= 0.6 is 0 Å². The number of benzene rings is 2. The molecule has 2 aromatic carbocycles. The normalized spacial score (nSPS) is 27.7. The van der Waals surface area contributed by atoms with Gasteiger partial charge < -0.3 is 0 Å². The van der Waals surface area contributed by atoms with Crippen LogP contribution in [-0.2, 0) is 6.42 Å². The van der Waals surface area contributed by atoms with E-state index in [1.165, 1.54) is 17.7 Å². The molecule has 0 saturated heterocycles. The smallest absolute Gasteiger partial charge is 0.129 e. The highest BCUT2D eigenvalue weighted by atomic mass is 19.1. The van der Waals surface area contributed by atoms with Gasteiger partial charge in [-0.25, -0.2) is 13.2 Å². The summed E-state index contributed by atoms with van der Waals surface area (Å²) in [4.78, 5) is 0. The molecule has 0 heterocycles. The summed E-state index contributed by atoms with van der Waals surface area (Å²) in [5.41, 5.74) is 2.76. The second kappa shape index (κ2) is 7.09. The van der Waals surface area contributed by atoms with Crippen molar-refractivity contribution in [3.63, 3.8) is 0 Å². The summed E-state index contributed by atoms with van der Waals surface area (Å²) in [6.07, 6.45) is 5.91. The maximum atomic E-state index is 14.3. The Morgan fingerprint density at radius 1 is 0.923 bits per heavy atom. The Morgan fingerprint density at radius 2 is 1.69 bits per heavy atom. The number of fused-ring (bicyclic) bond motifs is 3. The van der Waals surface area contributed by atoms with Crippen molar-refractivity contribution in [3.8, 4) is 0 Å². The molecule has 2 aliphatic carbocycles. The molecule has 4 unspecified atom stereocenters. The molecule has 0 aliphatic heterocycles. The lowest BCUT2D eigenvalue weighted by atomic mass is 9.57. The highest BCUT2D eigenvalue weighted by Gasteiger charge is 2.43. The van der Waals surface area contributed by atoms with Gasteiger partial charge in [0.2, 0.25) is 0 Å². The molecule has 0 radical (unpaired) electrons. The number of rotatable bonds is 3. The highest BCUT2D eigenvalue weighted by Crippen LogP contribution is 2.55. The SMILES string of the molecule is CCCC1CCC2c3cc(F)cc(F)c3CCC2C1c1ccc(F)cc1. The van der Waals surface area contributed by atoms with Gasteiger partial charge in [-0.15, -0.1) is 0 Å². The van der Waals surface area contributed by atoms with Crippen molar-refractivity contribution in [2.45, 2.75) is 57.3 Å². The van der Waals surface area contributed by atoms with Gasteiger partial charge >= 0.3 is 0 Å². The average Bonchev–Trinajstić information content (AvgIpc) is 2.62. The molecule has 138 valence electrons. The van der Waals surface area contributed by atoms with Gasteiger partial charge in [0, 0.05) is 6.07 Å². The lowest BCUT2D eigenvalue weighted by molar-refractivity contribution is 0.159. The van der Waals surface area contributed by atoms with E-state index in [0.29, 0.717) is 29.7 Å². The molecular formula is C23H25F3. The van der Waals surface area contributed by atoms with Crippen LogP contribution in [0.4, 0.5) is 13.2 Å². The predicted octanol–water partition coefficient (Wildman–Crippen LogP) is 6.74. The standard InChI is InChI=1S/C23H25F3/c1-2-3-14-6-9-18-20(23(14)15-4-7-16(24)8-5-15)11-10-19-21(18)12-17(25)13-22(19)26/h4-5,7-8,12-14,18,20,23H,2-3,6,9-11H2,1H3. The van der Waals surface area contributed by atoms with E-state index in [1.54, 1.807) is 6.07 Å². The van der Waals surface area contributed by atoms with Gasteiger partial charge in [-0.3, -0.25) is 0 Å². The molecule has 0 spiro atoms. The van der Waals surface area contributed by atoms with Gasteiger partial charge in [-0.2, -0.15) is 0 Å². The molecule has 3 heteroatoms. The molecule has 0 N–H and O–H groups in total. The predicted molar refractivity (Wildman–Crippen MR) is 97.7 cm³/mol. The fraction of sp³-hybridized carbons (Fsp3) is 0.478. The zero-order valence-electron chi connectivity index (χ0n) is 15.2. The van der Waals surface area contributed by atoms with Crippen molar-refractivity contribution in [2.75, 3.05) is 0 Å². The Morgan fingerprint density at radius 3 is 2.42 bits per heavy atom. The summed E-state index contributed by atoms with van der Waals surface area (Å²) < 4.78 is 41.6. The van der Waals surface area contributed by atoms with Crippen LogP contribution < -0.4 is 0 Å². The first-order valence-corrected chi connectivity index (χ1v) is 9.81. The number of hydrogen-bond donors (Lipinski definition) is 0. The van der Waals surface area contributed by atoms with Crippen LogP contribution in [0.15, 0.2) is 36.4 Å². The Balaban J connectivity index is 1.75. The summed E-state index contributed by atoms with van der Waals surface area (Å²) in [7, 11) is 0. The van der Waals surface area contributed by atoms with E-state index in [2.05, 4.69) is 6.92 Å². The molecule has 2 aliphatic rings. The lowest BCUT2D eigenvalue weighted by Crippen LogP contribution is -2.35. The van der Waals surface area contributed by atoms with E-state index < -0.39 is 11.6 Å². The Bertz CT molecular complexity index is 781. The molecule has 1 saturated carbocycles. The highest BCUT2D eigenvalue weighted by molar-refractivity contribution is 5.38. The zero-order chi connectivity index (χ0) is 18.3. The van der Waals surface area contributed by atoms with Crippen LogP contribution in [0.25, 0.3) is 0 Å². The van der Waals surface area contributed by atoms with Gasteiger partial charge in [0.1, 0.15) is 17.5 Å². The second-order valence-corrected chi connectivity index (χ2v) is 7.97. The van der Waals surface area contributed by atoms with Crippen LogP contribution in [0.5, 0.6) is 0 Å². The van der Waals surface area contributed by atoms with Crippen molar-refractivity contribution in [1.82, 2.24) is 0 Å². The summed E-state index contributed by atoms with van der Waals surface area (Å²) >= 11 is 0. The van der Waals surface area contributed by atoms with Crippen molar-refractivity contribution in [2.24, 2.45) is 11.8 Å². The molecule has 4 rings (SSSR count). The first-order valence-electron chi connectivity index (χ1n) is 9.81. The van der Waals surface area contributed by atoms with Crippen molar-refractivity contribution in [3.05, 3.63) is 70.5 Å². The molecule has 0 nitrogen and oxygen atoms in total. The Kier molecular flexibility index (Phi) is 4.81. The van der Waals surface area contributed by atoms with Crippen LogP contribution in [0.1, 0.15) is 67.6 Å². The summed E-state index contributed by atoms with van der Waals surface area (Å²) in [5, 5.41) is 0. The molecule has 2 aromatic rings. The summed E-state index contributed by atoms with van der Waals surface area (Å²) in [6, 6.07) is 9.46. The zero-order valence-corrected chi connectivity index (χ0v) is 15.2. The van der Waals surface area contributed by atoms with Gasteiger partial charge in [0.15, 0.2) is 0 Å². The molecule has 0 bridgehead atoms. The van der Waals surface area contributed by atoms with E-state index in [-0.39, 0.29) is 11.7 Å². The first-order chi connectivity index (χ1) is 12.6. The number of halogens is 3. The van der Waals surface area contributed by atoms with Gasteiger partial charge in [0.05, 0.1) is 0 Å². The quantitative estimate of drug-likeness (QED) is 0.570. The largest absolute Gasteiger partial charge is 0.207 e. The minimum absolute atomic E-state index is 0.201. The fourth-order valence-electron chi connectivity index (χ4n) is 5.58. The minimum atomic E-state index is -0.476. The molecule has 0 amide bonds. The van der Waals surface area contributed by atoms with E-state index in [1.807, 2.05) is 12.1 Å². The van der Waals surface area contributed by atoms with Crippen molar-refractivity contribution < 1.29 is 13.2 Å². The van der Waals surface area contributed by atoms with E-state index in [4.69, 9.17) is 0 Å². The maximum Gasteiger partial charge on any atom is 0.129 e. The van der Waals surface area contributed by atoms with Crippen LogP contribution in [0.3, 0.4) is 0 Å². The van der Waals surface area contributed by atoms with Crippen LogP contribution in [0, 0.1) is 29.3 Å². The van der Waals surface area contributed by atoms with E-state index in [0.717, 1.165) is 43.7 Å². The lowest BCUT2D eigenvalue weighted by Gasteiger charge is -2.47. The third-order valence-electron chi connectivity index (χ3n) is 6.57. The summed E-state index contributed by atoms with van der Waals surface area (Å²) in [5.74, 6) is 0.390.